The number of primary amides is 1. The number of hydrogen-bond donors (Lipinski definition) is 3. The molecule has 0 radical (unpaired) electrons. The van der Waals surface area contributed by atoms with E-state index in [0.29, 0.717) is 11.6 Å². The third-order valence-electron chi connectivity index (χ3n) is 3.22. The van der Waals surface area contributed by atoms with E-state index >= 15 is 0 Å². The second-order valence-corrected chi connectivity index (χ2v) is 5.72. The largest absolute Gasteiger partial charge is 0.385 e. The highest BCUT2D eigenvalue weighted by molar-refractivity contribution is 5.88. The predicted molar refractivity (Wildman–Crippen MR) is 76.8 cm³/mol. The van der Waals surface area contributed by atoms with Crippen molar-refractivity contribution in [1.82, 2.24) is 0 Å². The molecule has 0 spiro atoms. The average molecular weight is 249 g/mol. The van der Waals surface area contributed by atoms with E-state index < -0.39 is 6.03 Å². The van der Waals surface area contributed by atoms with E-state index in [1.165, 1.54) is 0 Å². The lowest BCUT2D eigenvalue weighted by atomic mass is 9.82. The van der Waals surface area contributed by atoms with E-state index in [0.717, 1.165) is 12.2 Å². The molecule has 0 aromatic heterocycles. The molecule has 0 heterocycles. The minimum absolute atomic E-state index is 0.274. The van der Waals surface area contributed by atoms with Gasteiger partial charge in [0.1, 0.15) is 0 Å². The number of urea groups is 1. The molecule has 0 saturated carbocycles. The summed E-state index contributed by atoms with van der Waals surface area (Å²) < 4.78 is 0. The molecule has 4 nitrogen and oxygen atoms in total. The third kappa shape index (κ3) is 4.65. The summed E-state index contributed by atoms with van der Waals surface area (Å²) in [5.74, 6) is 0.547. The number of amides is 2. The Labute approximate surface area is 109 Å². The molecule has 1 rings (SSSR count). The summed E-state index contributed by atoms with van der Waals surface area (Å²) >= 11 is 0. The highest BCUT2D eigenvalue weighted by Crippen LogP contribution is 2.25. The Morgan fingerprint density at radius 3 is 2.50 bits per heavy atom. The first kappa shape index (κ1) is 14.4. The van der Waals surface area contributed by atoms with Crippen LogP contribution in [0.2, 0.25) is 0 Å². The number of nitrogens with two attached hydrogens (primary N) is 1. The van der Waals surface area contributed by atoms with E-state index in [2.05, 4.69) is 38.3 Å². The molecule has 1 aromatic rings. The van der Waals surface area contributed by atoms with Crippen LogP contribution in [0.4, 0.5) is 16.2 Å². The fourth-order valence-electron chi connectivity index (χ4n) is 1.43. The highest BCUT2D eigenvalue weighted by Gasteiger charge is 2.19. The zero-order chi connectivity index (χ0) is 13.8. The summed E-state index contributed by atoms with van der Waals surface area (Å²) in [6.45, 7) is 9.79. The molecule has 2 amide bonds. The van der Waals surface area contributed by atoms with Crippen molar-refractivity contribution in [3.8, 4) is 0 Å². The fraction of sp³-hybridized carbons (Fsp3) is 0.500. The number of carbonyl (C=O) groups is 1. The molecule has 0 bridgehead atoms. The van der Waals surface area contributed by atoms with Crippen LogP contribution in [0.15, 0.2) is 24.3 Å². The van der Waals surface area contributed by atoms with Gasteiger partial charge in [0.05, 0.1) is 0 Å². The fourth-order valence-corrected chi connectivity index (χ4v) is 1.43. The van der Waals surface area contributed by atoms with Crippen molar-refractivity contribution in [1.29, 1.82) is 0 Å². The van der Waals surface area contributed by atoms with Gasteiger partial charge >= 0.3 is 6.03 Å². The van der Waals surface area contributed by atoms with Crippen molar-refractivity contribution >= 4 is 17.4 Å². The molecule has 0 aliphatic carbocycles. The minimum atomic E-state index is -0.546. The molecular formula is C14H23N3O. The molecule has 0 saturated heterocycles. The molecule has 1 atom stereocenters. The number of benzene rings is 1. The summed E-state index contributed by atoms with van der Waals surface area (Å²) in [6.07, 6.45) is 0. The van der Waals surface area contributed by atoms with Crippen LogP contribution >= 0.6 is 0 Å². The SMILES string of the molecule is CC(CNc1cccc(NC(N)=O)c1)C(C)(C)C. The van der Waals surface area contributed by atoms with Gasteiger partial charge in [-0.1, -0.05) is 33.8 Å². The van der Waals surface area contributed by atoms with Gasteiger partial charge in [-0.15, -0.1) is 0 Å². The summed E-state index contributed by atoms with van der Waals surface area (Å²) in [5, 5.41) is 5.93. The molecule has 4 heteroatoms. The van der Waals surface area contributed by atoms with Gasteiger partial charge in [0, 0.05) is 17.9 Å². The van der Waals surface area contributed by atoms with Crippen molar-refractivity contribution in [3.63, 3.8) is 0 Å². The molecular weight excluding hydrogens is 226 g/mol. The Hall–Kier alpha value is -1.71. The van der Waals surface area contributed by atoms with E-state index in [1.807, 2.05) is 24.3 Å². The monoisotopic (exact) mass is 249 g/mol. The second-order valence-electron chi connectivity index (χ2n) is 5.72. The Balaban J connectivity index is 2.60. The molecule has 100 valence electrons. The van der Waals surface area contributed by atoms with Gasteiger partial charge in [-0.3, -0.25) is 0 Å². The Kier molecular flexibility index (Phi) is 4.59. The predicted octanol–water partition coefficient (Wildman–Crippen LogP) is 3.27. The summed E-state index contributed by atoms with van der Waals surface area (Å²) in [4.78, 5) is 10.8. The average Bonchev–Trinajstić information content (AvgIpc) is 2.24. The van der Waals surface area contributed by atoms with Crippen molar-refractivity contribution in [3.05, 3.63) is 24.3 Å². The molecule has 1 aromatic carbocycles. The Morgan fingerprint density at radius 2 is 1.94 bits per heavy atom. The highest BCUT2D eigenvalue weighted by atomic mass is 16.2. The van der Waals surface area contributed by atoms with Crippen LogP contribution in [0.25, 0.3) is 0 Å². The van der Waals surface area contributed by atoms with Crippen LogP contribution in [0.5, 0.6) is 0 Å². The minimum Gasteiger partial charge on any atom is -0.385 e. The standard InChI is InChI=1S/C14H23N3O/c1-10(14(2,3)4)9-16-11-6-5-7-12(8-11)17-13(15)18/h5-8,10,16H,9H2,1-4H3,(H3,15,17,18). The van der Waals surface area contributed by atoms with Gasteiger partial charge in [0.2, 0.25) is 0 Å². The van der Waals surface area contributed by atoms with Gasteiger partial charge in [-0.2, -0.15) is 0 Å². The van der Waals surface area contributed by atoms with Gasteiger partial charge in [0.15, 0.2) is 0 Å². The first-order valence-corrected chi connectivity index (χ1v) is 6.19. The second kappa shape index (κ2) is 5.76. The van der Waals surface area contributed by atoms with Crippen molar-refractivity contribution in [2.45, 2.75) is 27.7 Å². The number of hydrogen-bond acceptors (Lipinski definition) is 2. The van der Waals surface area contributed by atoms with Crippen LogP contribution in [-0.2, 0) is 0 Å². The third-order valence-corrected chi connectivity index (χ3v) is 3.22. The van der Waals surface area contributed by atoms with Gasteiger partial charge in [0.25, 0.3) is 0 Å². The Morgan fingerprint density at radius 1 is 1.33 bits per heavy atom. The molecule has 0 aliphatic heterocycles. The number of carbonyl (C=O) groups excluding carboxylic acids is 1. The molecule has 4 N–H and O–H groups in total. The summed E-state index contributed by atoms with van der Waals surface area (Å²) in [6, 6.07) is 7.00. The first-order valence-electron chi connectivity index (χ1n) is 6.19. The maximum Gasteiger partial charge on any atom is 0.316 e. The Bertz CT molecular complexity index is 410. The topological polar surface area (TPSA) is 67.2 Å². The molecule has 0 aliphatic rings. The van der Waals surface area contributed by atoms with Crippen molar-refractivity contribution < 1.29 is 4.79 Å². The zero-order valence-electron chi connectivity index (χ0n) is 11.6. The maximum absolute atomic E-state index is 10.8. The maximum atomic E-state index is 10.8. The molecule has 18 heavy (non-hydrogen) atoms. The van der Waals surface area contributed by atoms with Crippen molar-refractivity contribution in [2.75, 3.05) is 17.2 Å². The van der Waals surface area contributed by atoms with Gasteiger partial charge < -0.3 is 16.4 Å². The lowest BCUT2D eigenvalue weighted by molar-refractivity contribution is 0.259. The zero-order valence-corrected chi connectivity index (χ0v) is 11.6. The van der Waals surface area contributed by atoms with Gasteiger partial charge in [-0.05, 0) is 29.5 Å². The quantitative estimate of drug-likeness (QED) is 0.766. The van der Waals surface area contributed by atoms with E-state index in [-0.39, 0.29) is 5.41 Å². The number of rotatable bonds is 4. The molecule has 0 fully saturated rings. The van der Waals surface area contributed by atoms with Gasteiger partial charge in [-0.25, -0.2) is 4.79 Å². The van der Waals surface area contributed by atoms with Crippen LogP contribution in [-0.4, -0.2) is 12.6 Å². The summed E-state index contributed by atoms with van der Waals surface area (Å²) in [7, 11) is 0. The van der Waals surface area contributed by atoms with Crippen LogP contribution in [0.1, 0.15) is 27.7 Å². The number of anilines is 2. The van der Waals surface area contributed by atoms with E-state index in [9.17, 15) is 4.79 Å². The van der Waals surface area contributed by atoms with E-state index in [4.69, 9.17) is 5.73 Å². The smallest absolute Gasteiger partial charge is 0.316 e. The normalized spacial score (nSPS) is 12.9. The van der Waals surface area contributed by atoms with Crippen LogP contribution in [0.3, 0.4) is 0 Å². The van der Waals surface area contributed by atoms with Crippen molar-refractivity contribution in [2.24, 2.45) is 17.1 Å². The first-order chi connectivity index (χ1) is 8.29. The molecule has 1 unspecified atom stereocenters. The lowest BCUT2D eigenvalue weighted by Crippen LogP contribution is -2.24. The lowest BCUT2D eigenvalue weighted by Gasteiger charge is -2.27. The summed E-state index contributed by atoms with van der Waals surface area (Å²) in [5.41, 5.74) is 7.05. The number of nitrogens with one attached hydrogen (secondary N) is 2. The van der Waals surface area contributed by atoms with Crippen LogP contribution < -0.4 is 16.4 Å². The van der Waals surface area contributed by atoms with Crippen LogP contribution in [0, 0.1) is 11.3 Å². The van der Waals surface area contributed by atoms with E-state index in [1.54, 1.807) is 0 Å².